The van der Waals surface area contributed by atoms with Gasteiger partial charge in [-0.25, -0.2) is 4.98 Å². The third kappa shape index (κ3) is 3.02. The quantitative estimate of drug-likeness (QED) is 0.724. The first-order chi connectivity index (χ1) is 10.2. The molecule has 4 nitrogen and oxygen atoms in total. The van der Waals surface area contributed by atoms with E-state index in [0.29, 0.717) is 16.3 Å². The van der Waals surface area contributed by atoms with E-state index in [1.54, 1.807) is 35.4 Å². The molecule has 1 amide bonds. The Morgan fingerprint density at radius 3 is 3.00 bits per heavy atom. The van der Waals surface area contributed by atoms with Crippen molar-refractivity contribution < 1.29 is 4.79 Å². The van der Waals surface area contributed by atoms with E-state index in [2.05, 4.69) is 15.3 Å². The number of anilines is 1. The third-order valence-electron chi connectivity index (χ3n) is 2.81. The average Bonchev–Trinajstić information content (AvgIpc) is 2.90. The summed E-state index contributed by atoms with van der Waals surface area (Å²) in [6.07, 6.45) is 4.99. The lowest BCUT2D eigenvalue weighted by molar-refractivity contribution is 0.102. The topological polar surface area (TPSA) is 54.9 Å². The molecule has 106 valence electrons. The largest absolute Gasteiger partial charge is 0.322 e. The summed E-state index contributed by atoms with van der Waals surface area (Å²) in [7, 11) is 0. The molecule has 1 aromatic carbocycles. The maximum atomic E-state index is 12.2. The number of thioether (sulfide) groups is 1. The zero-order chi connectivity index (χ0) is 14.8. The molecule has 0 fully saturated rings. The molecule has 1 N–H and O–H groups in total. The van der Waals surface area contributed by atoms with Gasteiger partial charge in [-0.3, -0.25) is 9.78 Å². The van der Waals surface area contributed by atoms with Gasteiger partial charge in [-0.2, -0.15) is 0 Å². The van der Waals surface area contributed by atoms with E-state index >= 15 is 0 Å². The third-order valence-corrected chi connectivity index (χ3v) is 5.15. The molecule has 0 atom stereocenters. The molecule has 0 bridgehead atoms. The van der Waals surface area contributed by atoms with E-state index < -0.39 is 0 Å². The summed E-state index contributed by atoms with van der Waals surface area (Å²) in [6, 6.07) is 7.23. The van der Waals surface area contributed by atoms with Gasteiger partial charge < -0.3 is 5.32 Å². The number of nitrogens with one attached hydrogen (secondary N) is 1. The Labute approximate surface area is 134 Å². The highest BCUT2D eigenvalue weighted by atomic mass is 35.5. The zero-order valence-corrected chi connectivity index (χ0v) is 13.4. The fraction of sp³-hybridized carbons (Fsp3) is 0.0714. The Hall–Kier alpha value is -1.63. The molecule has 3 aromatic rings. The fourth-order valence-corrected chi connectivity index (χ4v) is 3.53. The molecular weight excluding hydrogens is 326 g/mol. The molecule has 0 aliphatic heterocycles. The number of nitrogens with zero attached hydrogens (tertiary/aromatic N) is 2. The number of rotatable bonds is 3. The van der Waals surface area contributed by atoms with Crippen molar-refractivity contribution in [3.63, 3.8) is 0 Å². The molecule has 0 aliphatic rings. The molecule has 3 rings (SSSR count). The van der Waals surface area contributed by atoms with Crippen LogP contribution in [0, 0.1) is 0 Å². The fourth-order valence-electron chi connectivity index (χ4n) is 1.81. The van der Waals surface area contributed by atoms with Crippen LogP contribution in [0.1, 0.15) is 10.4 Å². The highest BCUT2D eigenvalue weighted by Gasteiger charge is 2.11. The first kappa shape index (κ1) is 14.3. The van der Waals surface area contributed by atoms with Gasteiger partial charge in [0.1, 0.15) is 0 Å². The van der Waals surface area contributed by atoms with Gasteiger partial charge in [0.15, 0.2) is 4.34 Å². The number of hydrogen-bond donors (Lipinski definition) is 1. The molecule has 21 heavy (non-hydrogen) atoms. The van der Waals surface area contributed by atoms with Crippen LogP contribution in [0.5, 0.6) is 0 Å². The second-order valence-electron chi connectivity index (χ2n) is 4.18. The predicted molar refractivity (Wildman–Crippen MR) is 88.6 cm³/mol. The summed E-state index contributed by atoms with van der Waals surface area (Å²) in [4.78, 5) is 20.6. The Balaban J connectivity index is 1.87. The maximum absolute atomic E-state index is 12.2. The van der Waals surface area contributed by atoms with Crippen molar-refractivity contribution in [2.45, 2.75) is 4.34 Å². The number of pyridine rings is 1. The summed E-state index contributed by atoms with van der Waals surface area (Å²) in [5.41, 5.74) is 2.00. The summed E-state index contributed by atoms with van der Waals surface area (Å²) in [5.74, 6) is -0.276. The predicted octanol–water partition coefficient (Wildman–Crippen LogP) is 4.32. The second-order valence-corrected chi connectivity index (χ2v) is 6.67. The Morgan fingerprint density at radius 2 is 2.24 bits per heavy atom. The standard InChI is InChI=1S/C14H10ClN3OS2/c1-20-14-18-11-3-2-8(6-12(11)21-14)17-13(19)9-7-16-5-4-10(9)15/h2-7H,1H3,(H,17,19). The van der Waals surface area contributed by atoms with E-state index in [9.17, 15) is 4.79 Å². The van der Waals surface area contributed by atoms with Gasteiger partial charge >= 0.3 is 0 Å². The Bertz CT molecular complexity index is 819. The second kappa shape index (κ2) is 6.01. The van der Waals surface area contributed by atoms with Crippen LogP contribution in [0.15, 0.2) is 41.0 Å². The van der Waals surface area contributed by atoms with Crippen LogP contribution < -0.4 is 5.32 Å². The van der Waals surface area contributed by atoms with Crippen LogP contribution in [0.25, 0.3) is 10.2 Å². The molecule has 0 saturated heterocycles. The molecule has 0 spiro atoms. The van der Waals surface area contributed by atoms with Gasteiger partial charge in [-0.15, -0.1) is 11.3 Å². The minimum absolute atomic E-state index is 0.276. The maximum Gasteiger partial charge on any atom is 0.258 e. The SMILES string of the molecule is CSc1nc2ccc(NC(=O)c3cnccc3Cl)cc2s1. The molecule has 0 saturated carbocycles. The van der Waals surface area contributed by atoms with Crippen molar-refractivity contribution in [3.8, 4) is 0 Å². The monoisotopic (exact) mass is 335 g/mol. The molecule has 2 heterocycles. The normalized spacial score (nSPS) is 10.8. The summed E-state index contributed by atoms with van der Waals surface area (Å²) in [5, 5.41) is 3.21. The minimum Gasteiger partial charge on any atom is -0.322 e. The number of carbonyl (C=O) groups is 1. The lowest BCUT2D eigenvalue weighted by atomic mass is 10.2. The number of halogens is 1. The van der Waals surface area contributed by atoms with Crippen molar-refractivity contribution in [1.29, 1.82) is 0 Å². The molecule has 2 aromatic heterocycles. The summed E-state index contributed by atoms with van der Waals surface area (Å²) < 4.78 is 2.04. The van der Waals surface area contributed by atoms with E-state index in [1.807, 2.05) is 24.5 Å². The van der Waals surface area contributed by atoms with Gasteiger partial charge in [0, 0.05) is 18.1 Å². The minimum atomic E-state index is -0.276. The van der Waals surface area contributed by atoms with Gasteiger partial charge in [-0.05, 0) is 30.5 Å². The van der Waals surface area contributed by atoms with Gasteiger partial charge in [0.05, 0.1) is 20.8 Å². The molecule has 7 heteroatoms. The number of benzene rings is 1. The van der Waals surface area contributed by atoms with E-state index in [4.69, 9.17) is 11.6 Å². The number of fused-ring (bicyclic) bond motifs is 1. The molecular formula is C14H10ClN3OS2. The van der Waals surface area contributed by atoms with Crippen molar-refractivity contribution >= 4 is 56.5 Å². The van der Waals surface area contributed by atoms with Crippen molar-refractivity contribution in [2.24, 2.45) is 0 Å². The van der Waals surface area contributed by atoms with Crippen molar-refractivity contribution in [2.75, 3.05) is 11.6 Å². The highest BCUT2D eigenvalue weighted by molar-refractivity contribution is 8.00. The zero-order valence-electron chi connectivity index (χ0n) is 11.0. The molecule has 0 radical (unpaired) electrons. The van der Waals surface area contributed by atoms with E-state index in [1.165, 1.54) is 6.20 Å². The average molecular weight is 336 g/mol. The number of aromatic nitrogens is 2. The number of thiazole rings is 1. The van der Waals surface area contributed by atoms with Gasteiger partial charge in [0.25, 0.3) is 5.91 Å². The summed E-state index contributed by atoms with van der Waals surface area (Å²) >= 11 is 9.20. The Morgan fingerprint density at radius 1 is 1.38 bits per heavy atom. The van der Waals surface area contributed by atoms with Crippen LogP contribution in [0.3, 0.4) is 0 Å². The molecule has 0 aliphatic carbocycles. The number of hydrogen-bond acceptors (Lipinski definition) is 5. The van der Waals surface area contributed by atoms with Crippen LogP contribution in [-0.2, 0) is 0 Å². The van der Waals surface area contributed by atoms with Crippen LogP contribution in [0.4, 0.5) is 5.69 Å². The Kier molecular flexibility index (Phi) is 4.10. The smallest absolute Gasteiger partial charge is 0.258 e. The van der Waals surface area contributed by atoms with E-state index in [0.717, 1.165) is 14.6 Å². The van der Waals surface area contributed by atoms with E-state index in [-0.39, 0.29) is 5.91 Å². The first-order valence-corrected chi connectivity index (χ1v) is 8.45. The van der Waals surface area contributed by atoms with Gasteiger partial charge in [-0.1, -0.05) is 23.4 Å². The lowest BCUT2D eigenvalue weighted by Gasteiger charge is -2.06. The summed E-state index contributed by atoms with van der Waals surface area (Å²) in [6.45, 7) is 0. The van der Waals surface area contributed by atoms with Crippen LogP contribution >= 0.6 is 34.7 Å². The highest BCUT2D eigenvalue weighted by Crippen LogP contribution is 2.30. The van der Waals surface area contributed by atoms with Crippen LogP contribution in [0.2, 0.25) is 5.02 Å². The lowest BCUT2D eigenvalue weighted by Crippen LogP contribution is -2.12. The van der Waals surface area contributed by atoms with Crippen molar-refractivity contribution in [3.05, 3.63) is 47.2 Å². The number of carbonyl (C=O) groups excluding carboxylic acids is 1. The first-order valence-electron chi connectivity index (χ1n) is 6.03. The van der Waals surface area contributed by atoms with Crippen LogP contribution in [-0.4, -0.2) is 22.1 Å². The molecule has 0 unspecified atom stereocenters. The van der Waals surface area contributed by atoms with Gasteiger partial charge in [0.2, 0.25) is 0 Å². The van der Waals surface area contributed by atoms with Crippen molar-refractivity contribution in [1.82, 2.24) is 9.97 Å². The number of amides is 1.